The summed E-state index contributed by atoms with van der Waals surface area (Å²) in [6.07, 6.45) is 3.07. The molecular weight excluding hydrogens is 418 g/mol. The van der Waals surface area contributed by atoms with Crippen LogP contribution < -0.4 is 4.74 Å². The van der Waals surface area contributed by atoms with Crippen LogP contribution in [0.3, 0.4) is 0 Å². The molecule has 1 spiro atoms. The van der Waals surface area contributed by atoms with Crippen molar-refractivity contribution in [2.24, 2.45) is 0 Å². The van der Waals surface area contributed by atoms with E-state index in [9.17, 15) is 15.0 Å². The van der Waals surface area contributed by atoms with Crippen LogP contribution in [-0.2, 0) is 28.0 Å². The Hall–Kier alpha value is -2.67. The Bertz CT molecular complexity index is 1160. The maximum absolute atomic E-state index is 13.1. The zero-order valence-corrected chi connectivity index (χ0v) is 19.0. The first-order valence-electron chi connectivity index (χ1n) is 11.7. The van der Waals surface area contributed by atoms with E-state index in [1.807, 2.05) is 49.4 Å². The minimum atomic E-state index is -1.03. The third-order valence-electron chi connectivity index (χ3n) is 8.50. The van der Waals surface area contributed by atoms with E-state index in [-0.39, 0.29) is 18.6 Å². The Morgan fingerprint density at radius 1 is 1.27 bits per heavy atom. The number of hydrogen-bond acceptors (Lipinski definition) is 6. The lowest BCUT2D eigenvalue weighted by molar-refractivity contribution is -0.169. The van der Waals surface area contributed by atoms with Gasteiger partial charge in [-0.05, 0) is 50.6 Å². The summed E-state index contributed by atoms with van der Waals surface area (Å²) in [5, 5.41) is 22.2. The lowest BCUT2D eigenvalue weighted by Crippen LogP contribution is -2.74. The minimum absolute atomic E-state index is 0.0486. The fourth-order valence-electron chi connectivity index (χ4n) is 6.71. The van der Waals surface area contributed by atoms with Gasteiger partial charge in [-0.25, -0.2) is 0 Å². The summed E-state index contributed by atoms with van der Waals surface area (Å²) < 4.78 is 12.5. The van der Waals surface area contributed by atoms with Crippen LogP contribution in [0.1, 0.15) is 47.9 Å². The quantitative estimate of drug-likeness (QED) is 0.702. The average molecular weight is 448 g/mol. The summed E-state index contributed by atoms with van der Waals surface area (Å²) in [7, 11) is 2.06. The molecule has 2 heterocycles. The predicted molar refractivity (Wildman–Crippen MR) is 122 cm³/mol. The van der Waals surface area contributed by atoms with Crippen LogP contribution in [0.2, 0.25) is 0 Å². The molecule has 172 valence electrons. The molecule has 2 N–H and O–H groups in total. The molecule has 6 rings (SSSR count). The zero-order chi connectivity index (χ0) is 23.0. The monoisotopic (exact) mass is 447 g/mol. The van der Waals surface area contributed by atoms with Crippen molar-refractivity contribution in [2.75, 3.05) is 13.6 Å². The van der Waals surface area contributed by atoms with Crippen LogP contribution in [0.5, 0.6) is 5.75 Å². The van der Waals surface area contributed by atoms with E-state index in [1.165, 1.54) is 0 Å². The topological polar surface area (TPSA) is 79.2 Å². The fourth-order valence-corrected chi connectivity index (χ4v) is 6.71. The van der Waals surface area contributed by atoms with Gasteiger partial charge in [0.05, 0.1) is 23.5 Å². The highest BCUT2D eigenvalue weighted by Crippen LogP contribution is 2.64. The maximum atomic E-state index is 13.1. The third-order valence-corrected chi connectivity index (χ3v) is 8.50. The van der Waals surface area contributed by atoms with Crippen LogP contribution in [0.25, 0.3) is 0 Å². The van der Waals surface area contributed by atoms with Gasteiger partial charge in [-0.15, -0.1) is 0 Å². The fraction of sp³-hybridized carbons (Fsp3) is 0.444. The average Bonchev–Trinajstić information content (AvgIpc) is 3.19. The molecule has 0 amide bonds. The zero-order valence-electron chi connectivity index (χ0n) is 19.0. The second-order valence-corrected chi connectivity index (χ2v) is 9.95. The summed E-state index contributed by atoms with van der Waals surface area (Å²) in [5.41, 5.74) is 2.03. The minimum Gasteiger partial charge on any atom is -0.481 e. The van der Waals surface area contributed by atoms with Crippen LogP contribution >= 0.6 is 0 Å². The van der Waals surface area contributed by atoms with E-state index >= 15 is 0 Å². The Labute approximate surface area is 193 Å². The van der Waals surface area contributed by atoms with Crippen molar-refractivity contribution in [1.82, 2.24) is 4.90 Å². The molecule has 0 unspecified atom stereocenters. The van der Waals surface area contributed by atoms with Gasteiger partial charge in [-0.2, -0.15) is 0 Å². The number of carbonyl (C=O) groups is 1. The van der Waals surface area contributed by atoms with Crippen molar-refractivity contribution in [3.05, 3.63) is 76.6 Å². The van der Waals surface area contributed by atoms with Crippen LogP contribution in [0, 0.1) is 0 Å². The van der Waals surface area contributed by atoms with E-state index < -0.39 is 23.0 Å². The molecule has 0 saturated carbocycles. The molecular formula is C27H29NO5. The molecule has 1 saturated heterocycles. The summed E-state index contributed by atoms with van der Waals surface area (Å²) in [4.78, 5) is 15.4. The number of likely N-dealkylation sites (tertiary alicyclic amines) is 1. The molecule has 33 heavy (non-hydrogen) atoms. The summed E-state index contributed by atoms with van der Waals surface area (Å²) in [5.74, 6) is 0.371. The summed E-state index contributed by atoms with van der Waals surface area (Å²) in [6, 6.07) is 13.5. The highest BCUT2D eigenvalue weighted by Gasteiger charge is 2.71. The van der Waals surface area contributed by atoms with E-state index in [0.29, 0.717) is 29.9 Å². The molecule has 0 radical (unpaired) electrons. The second-order valence-electron chi connectivity index (χ2n) is 9.95. The number of nitrogens with zero attached hydrogens (tertiary/aromatic N) is 1. The van der Waals surface area contributed by atoms with E-state index in [0.717, 1.165) is 29.7 Å². The van der Waals surface area contributed by atoms with Crippen LogP contribution in [-0.4, -0.2) is 52.4 Å². The van der Waals surface area contributed by atoms with Crippen molar-refractivity contribution in [1.29, 1.82) is 0 Å². The van der Waals surface area contributed by atoms with Crippen molar-refractivity contribution in [3.8, 4) is 5.75 Å². The van der Waals surface area contributed by atoms with Crippen molar-refractivity contribution in [3.63, 3.8) is 0 Å². The molecule has 1 fully saturated rings. The van der Waals surface area contributed by atoms with Crippen molar-refractivity contribution < 1.29 is 24.5 Å². The van der Waals surface area contributed by atoms with Gasteiger partial charge in [0.2, 0.25) is 0 Å². The molecule has 2 aromatic carbocycles. The van der Waals surface area contributed by atoms with Gasteiger partial charge in [-0.1, -0.05) is 42.5 Å². The SMILES string of the molecule is C[C@H](C(=O)OC1=CC[C@@]2(O)[C@H]3Cc4ccc(CO)c5c4[C@@]2(CCN3C)[C@H]1O5)c1ccccc1. The molecule has 0 aromatic heterocycles. The molecule has 2 aliphatic heterocycles. The number of ether oxygens (including phenoxy) is 2. The smallest absolute Gasteiger partial charge is 0.318 e. The standard InChI is InChI=1S/C27H29NO5/c1-16(17-6-4-3-5-7-17)25(30)32-20-10-11-27(31)21-14-18-8-9-19(15-29)23-22(18)26(27,24(20)33-23)12-13-28(21)2/h3-10,16,21,24,29,31H,11-15H2,1-2H3/t16-,21+,24-,26-,27+/m0/s1. The van der Waals surface area contributed by atoms with E-state index in [1.54, 1.807) is 0 Å². The molecule has 5 atom stereocenters. The number of likely N-dealkylation sites (N-methyl/N-ethyl adjacent to an activating group) is 1. The van der Waals surface area contributed by atoms with Gasteiger partial charge in [0.25, 0.3) is 0 Å². The first kappa shape index (κ1) is 20.9. The highest BCUT2D eigenvalue weighted by atomic mass is 16.6. The number of aliphatic hydroxyl groups excluding tert-OH is 1. The van der Waals surface area contributed by atoms with Gasteiger partial charge < -0.3 is 24.6 Å². The van der Waals surface area contributed by atoms with Crippen molar-refractivity contribution >= 4 is 5.97 Å². The number of aliphatic hydroxyl groups is 2. The molecule has 2 bridgehead atoms. The van der Waals surface area contributed by atoms with Gasteiger partial charge in [0, 0.05) is 23.6 Å². The lowest BCUT2D eigenvalue weighted by Gasteiger charge is -2.61. The van der Waals surface area contributed by atoms with Crippen molar-refractivity contribution in [2.45, 2.75) is 61.9 Å². The normalized spacial score (nSPS) is 32.4. The first-order chi connectivity index (χ1) is 15.9. The number of carbonyl (C=O) groups excluding carboxylic acids is 1. The predicted octanol–water partition coefficient (Wildman–Crippen LogP) is 2.80. The van der Waals surface area contributed by atoms with Gasteiger partial charge in [0.15, 0.2) is 6.10 Å². The number of rotatable bonds is 4. The maximum Gasteiger partial charge on any atom is 0.318 e. The number of benzene rings is 2. The summed E-state index contributed by atoms with van der Waals surface area (Å²) in [6.45, 7) is 2.52. The van der Waals surface area contributed by atoms with Crippen LogP contribution in [0.15, 0.2) is 54.3 Å². The van der Waals surface area contributed by atoms with Gasteiger partial charge in [0.1, 0.15) is 11.5 Å². The van der Waals surface area contributed by atoms with E-state index in [4.69, 9.17) is 9.47 Å². The number of piperidine rings is 1. The molecule has 2 aromatic rings. The van der Waals surface area contributed by atoms with Gasteiger partial charge in [-0.3, -0.25) is 4.79 Å². The Kier molecular flexibility index (Phi) is 4.54. The Morgan fingerprint density at radius 3 is 2.82 bits per heavy atom. The third kappa shape index (κ3) is 2.63. The van der Waals surface area contributed by atoms with Crippen LogP contribution in [0.4, 0.5) is 0 Å². The highest BCUT2D eigenvalue weighted by molar-refractivity contribution is 5.79. The van der Waals surface area contributed by atoms with Gasteiger partial charge >= 0.3 is 5.97 Å². The molecule has 6 heteroatoms. The molecule has 4 aliphatic rings. The molecule has 6 nitrogen and oxygen atoms in total. The largest absolute Gasteiger partial charge is 0.481 e. The second kappa shape index (κ2) is 7.16. The Balaban J connectivity index is 1.44. The molecule has 2 aliphatic carbocycles. The lowest BCUT2D eigenvalue weighted by atomic mass is 9.50. The Morgan fingerprint density at radius 2 is 2.06 bits per heavy atom. The van der Waals surface area contributed by atoms with E-state index in [2.05, 4.69) is 18.0 Å². The number of hydrogen-bond donors (Lipinski definition) is 2. The number of esters is 1. The first-order valence-corrected chi connectivity index (χ1v) is 11.7. The summed E-state index contributed by atoms with van der Waals surface area (Å²) >= 11 is 0.